The predicted molar refractivity (Wildman–Crippen MR) is 77.3 cm³/mol. The van der Waals surface area contributed by atoms with Crippen molar-refractivity contribution in [2.75, 3.05) is 5.75 Å². The van der Waals surface area contributed by atoms with E-state index >= 15 is 0 Å². The maximum atomic E-state index is 11.7. The molecule has 0 spiro atoms. The van der Waals surface area contributed by atoms with Crippen molar-refractivity contribution in [3.63, 3.8) is 0 Å². The third-order valence-corrected chi connectivity index (χ3v) is 4.30. The summed E-state index contributed by atoms with van der Waals surface area (Å²) in [5, 5.41) is 13.6. The Balaban J connectivity index is 1.78. The standard InChI is InChI=1S/C12H16N4OS2/c1-9(2)16-8-14-15-12(16)19-7-11(17)13-6-10-4-3-5-18-10/h3-5,8-9H,6-7H2,1-2H3,(H,13,17). The lowest BCUT2D eigenvalue weighted by Crippen LogP contribution is -2.24. The zero-order chi connectivity index (χ0) is 13.7. The third kappa shape index (κ3) is 4.07. The first-order chi connectivity index (χ1) is 9.16. The molecule has 2 aromatic heterocycles. The van der Waals surface area contributed by atoms with E-state index in [4.69, 9.17) is 0 Å². The molecular formula is C12H16N4OS2. The molecule has 0 saturated carbocycles. The molecule has 1 amide bonds. The second kappa shape index (κ2) is 6.72. The maximum absolute atomic E-state index is 11.7. The van der Waals surface area contributed by atoms with E-state index in [2.05, 4.69) is 29.4 Å². The highest BCUT2D eigenvalue weighted by Gasteiger charge is 2.10. The maximum Gasteiger partial charge on any atom is 0.230 e. The van der Waals surface area contributed by atoms with Crippen molar-refractivity contribution in [3.05, 3.63) is 28.7 Å². The van der Waals surface area contributed by atoms with Crippen molar-refractivity contribution >= 4 is 29.0 Å². The summed E-state index contributed by atoms with van der Waals surface area (Å²) in [6, 6.07) is 4.28. The van der Waals surface area contributed by atoms with Crippen LogP contribution in [0.5, 0.6) is 0 Å². The zero-order valence-corrected chi connectivity index (χ0v) is 12.5. The number of amides is 1. The summed E-state index contributed by atoms with van der Waals surface area (Å²) in [5.41, 5.74) is 0. The van der Waals surface area contributed by atoms with Crippen LogP contribution in [0.25, 0.3) is 0 Å². The van der Waals surface area contributed by atoms with Crippen LogP contribution in [0, 0.1) is 0 Å². The zero-order valence-electron chi connectivity index (χ0n) is 10.9. The molecule has 5 nitrogen and oxygen atoms in total. The second-order valence-corrected chi connectivity index (χ2v) is 6.23. The molecule has 0 unspecified atom stereocenters. The van der Waals surface area contributed by atoms with Crippen molar-refractivity contribution in [2.45, 2.75) is 31.6 Å². The van der Waals surface area contributed by atoms with Crippen molar-refractivity contribution in [3.8, 4) is 0 Å². The van der Waals surface area contributed by atoms with Gasteiger partial charge in [0.05, 0.1) is 12.3 Å². The number of carbonyl (C=O) groups is 1. The number of hydrogen-bond acceptors (Lipinski definition) is 5. The van der Waals surface area contributed by atoms with E-state index in [-0.39, 0.29) is 5.91 Å². The molecular weight excluding hydrogens is 280 g/mol. The molecule has 7 heteroatoms. The lowest BCUT2D eigenvalue weighted by atomic mass is 10.4. The minimum atomic E-state index is 0.0108. The third-order valence-electron chi connectivity index (χ3n) is 2.47. The van der Waals surface area contributed by atoms with Crippen LogP contribution >= 0.6 is 23.1 Å². The number of rotatable bonds is 6. The number of nitrogens with zero attached hydrogens (tertiary/aromatic N) is 3. The fraction of sp³-hybridized carbons (Fsp3) is 0.417. The molecule has 102 valence electrons. The van der Waals surface area contributed by atoms with Gasteiger partial charge in [0.25, 0.3) is 0 Å². The highest BCUT2D eigenvalue weighted by Crippen LogP contribution is 2.18. The summed E-state index contributed by atoms with van der Waals surface area (Å²) in [6.45, 7) is 4.71. The topological polar surface area (TPSA) is 59.8 Å². The fourth-order valence-electron chi connectivity index (χ4n) is 1.47. The van der Waals surface area contributed by atoms with Gasteiger partial charge >= 0.3 is 0 Å². The summed E-state index contributed by atoms with van der Waals surface area (Å²) in [5.74, 6) is 0.369. The van der Waals surface area contributed by atoms with Crippen LogP contribution in [-0.4, -0.2) is 26.4 Å². The first-order valence-electron chi connectivity index (χ1n) is 5.98. The Hall–Kier alpha value is -1.34. The first kappa shape index (κ1) is 14.1. The molecule has 0 atom stereocenters. The molecule has 1 N–H and O–H groups in total. The van der Waals surface area contributed by atoms with Crippen LogP contribution in [0.3, 0.4) is 0 Å². The van der Waals surface area contributed by atoms with Gasteiger partial charge in [-0.3, -0.25) is 4.79 Å². The summed E-state index contributed by atoms with van der Waals surface area (Å²) in [6.07, 6.45) is 1.69. The number of carbonyl (C=O) groups excluding carboxylic acids is 1. The van der Waals surface area contributed by atoms with E-state index < -0.39 is 0 Å². The Morgan fingerprint density at radius 1 is 1.58 bits per heavy atom. The molecule has 19 heavy (non-hydrogen) atoms. The van der Waals surface area contributed by atoms with Gasteiger partial charge in [-0.1, -0.05) is 17.8 Å². The van der Waals surface area contributed by atoms with Crippen LogP contribution in [-0.2, 0) is 11.3 Å². The van der Waals surface area contributed by atoms with Crippen LogP contribution in [0.1, 0.15) is 24.8 Å². The largest absolute Gasteiger partial charge is 0.350 e. The smallest absolute Gasteiger partial charge is 0.230 e. The number of hydrogen-bond donors (Lipinski definition) is 1. The van der Waals surface area contributed by atoms with Gasteiger partial charge < -0.3 is 9.88 Å². The average molecular weight is 296 g/mol. The second-order valence-electron chi connectivity index (χ2n) is 4.26. The van der Waals surface area contributed by atoms with E-state index in [1.54, 1.807) is 17.7 Å². The first-order valence-corrected chi connectivity index (χ1v) is 7.84. The summed E-state index contributed by atoms with van der Waals surface area (Å²) in [4.78, 5) is 12.9. The van der Waals surface area contributed by atoms with Gasteiger partial charge in [0.2, 0.25) is 5.91 Å². The van der Waals surface area contributed by atoms with E-state index in [1.807, 2.05) is 22.1 Å². The number of nitrogens with one attached hydrogen (secondary N) is 1. The van der Waals surface area contributed by atoms with Gasteiger partial charge in [-0.25, -0.2) is 0 Å². The van der Waals surface area contributed by atoms with Gasteiger partial charge in [0.15, 0.2) is 5.16 Å². The Morgan fingerprint density at radius 2 is 2.42 bits per heavy atom. The predicted octanol–water partition coefficient (Wildman–Crippen LogP) is 2.33. The van der Waals surface area contributed by atoms with Crippen LogP contribution in [0.15, 0.2) is 29.0 Å². The molecule has 0 aromatic carbocycles. The van der Waals surface area contributed by atoms with Crippen molar-refractivity contribution in [2.24, 2.45) is 0 Å². The molecule has 0 fully saturated rings. The SMILES string of the molecule is CC(C)n1cnnc1SCC(=O)NCc1cccs1. The Labute approximate surface area is 120 Å². The lowest BCUT2D eigenvalue weighted by Gasteiger charge is -2.09. The van der Waals surface area contributed by atoms with Gasteiger partial charge in [-0.2, -0.15) is 0 Å². The summed E-state index contributed by atoms with van der Waals surface area (Å²) in [7, 11) is 0. The Bertz CT molecular complexity index is 522. The minimum Gasteiger partial charge on any atom is -0.350 e. The molecule has 2 rings (SSSR count). The Kier molecular flexibility index (Phi) is 4.98. The van der Waals surface area contributed by atoms with E-state index in [0.29, 0.717) is 18.3 Å². The monoisotopic (exact) mass is 296 g/mol. The molecule has 0 aliphatic heterocycles. The molecule has 0 saturated heterocycles. The normalized spacial score (nSPS) is 10.9. The lowest BCUT2D eigenvalue weighted by molar-refractivity contribution is -0.118. The van der Waals surface area contributed by atoms with E-state index in [9.17, 15) is 4.79 Å². The average Bonchev–Trinajstić information content (AvgIpc) is 3.04. The molecule has 0 bridgehead atoms. The minimum absolute atomic E-state index is 0.0108. The van der Waals surface area contributed by atoms with Crippen molar-refractivity contribution in [1.29, 1.82) is 0 Å². The van der Waals surface area contributed by atoms with Crippen LogP contribution < -0.4 is 5.32 Å². The quantitative estimate of drug-likeness (QED) is 0.831. The van der Waals surface area contributed by atoms with Crippen molar-refractivity contribution < 1.29 is 4.79 Å². The fourth-order valence-corrected chi connectivity index (χ4v) is 2.99. The molecule has 0 aliphatic carbocycles. The van der Waals surface area contributed by atoms with Gasteiger partial charge in [0.1, 0.15) is 6.33 Å². The summed E-state index contributed by atoms with van der Waals surface area (Å²) < 4.78 is 1.96. The van der Waals surface area contributed by atoms with Crippen LogP contribution in [0.4, 0.5) is 0 Å². The van der Waals surface area contributed by atoms with Crippen molar-refractivity contribution in [1.82, 2.24) is 20.1 Å². The number of thiophene rings is 1. The highest BCUT2D eigenvalue weighted by atomic mass is 32.2. The summed E-state index contributed by atoms with van der Waals surface area (Å²) >= 11 is 3.05. The molecule has 2 heterocycles. The number of thioether (sulfide) groups is 1. The van der Waals surface area contributed by atoms with Crippen LogP contribution in [0.2, 0.25) is 0 Å². The van der Waals surface area contributed by atoms with Gasteiger partial charge in [-0.15, -0.1) is 21.5 Å². The highest BCUT2D eigenvalue weighted by molar-refractivity contribution is 7.99. The molecule has 0 aliphatic rings. The van der Waals surface area contributed by atoms with E-state index in [1.165, 1.54) is 11.8 Å². The number of aromatic nitrogens is 3. The van der Waals surface area contributed by atoms with Gasteiger partial charge in [0, 0.05) is 10.9 Å². The van der Waals surface area contributed by atoms with E-state index in [0.717, 1.165) is 10.0 Å². The van der Waals surface area contributed by atoms with Gasteiger partial charge in [-0.05, 0) is 25.3 Å². The molecule has 0 radical (unpaired) electrons. The molecule has 2 aromatic rings. The Morgan fingerprint density at radius 3 is 3.11 bits per heavy atom.